The fourth-order valence-corrected chi connectivity index (χ4v) is 4.26. The number of nitrogens with zero attached hydrogens (tertiary/aromatic N) is 5. The lowest BCUT2D eigenvalue weighted by molar-refractivity contribution is -0.149. The average Bonchev–Trinajstić information content (AvgIpc) is 3.28. The van der Waals surface area contributed by atoms with Crippen molar-refractivity contribution in [1.29, 1.82) is 0 Å². The zero-order valence-electron chi connectivity index (χ0n) is 19.7. The Bertz CT molecular complexity index is 936. The highest BCUT2D eigenvalue weighted by molar-refractivity contribution is 5.94. The Morgan fingerprint density at radius 2 is 1.70 bits per heavy atom. The quantitative estimate of drug-likeness (QED) is 0.727. The molecule has 1 aromatic rings. The Morgan fingerprint density at radius 3 is 2.30 bits per heavy atom. The van der Waals surface area contributed by atoms with Crippen molar-refractivity contribution < 1.29 is 19.1 Å². The van der Waals surface area contributed by atoms with Crippen LogP contribution in [0.4, 0.5) is 4.79 Å². The maximum absolute atomic E-state index is 13.4. The second-order valence-corrected chi connectivity index (χ2v) is 9.57. The Hall–Kier alpha value is -3.27. The van der Waals surface area contributed by atoms with E-state index in [1.54, 1.807) is 30.7 Å². The van der Waals surface area contributed by atoms with Crippen molar-refractivity contribution in [2.24, 2.45) is 0 Å². The van der Waals surface area contributed by atoms with Gasteiger partial charge >= 0.3 is 6.09 Å². The van der Waals surface area contributed by atoms with E-state index in [0.29, 0.717) is 50.8 Å². The van der Waals surface area contributed by atoms with Gasteiger partial charge in [0.05, 0.1) is 6.67 Å². The lowest BCUT2D eigenvalue weighted by atomic mass is 10.1. The van der Waals surface area contributed by atoms with E-state index in [9.17, 15) is 14.4 Å². The summed E-state index contributed by atoms with van der Waals surface area (Å²) < 4.78 is 5.38. The zero-order chi connectivity index (χ0) is 23.8. The molecule has 33 heavy (non-hydrogen) atoms. The number of amides is 3. The maximum Gasteiger partial charge on any atom is 0.408 e. The van der Waals surface area contributed by atoms with Gasteiger partial charge in [0.1, 0.15) is 24.0 Å². The van der Waals surface area contributed by atoms with Crippen LogP contribution in [0.25, 0.3) is 0 Å². The number of hydrogen-bond acceptors (Lipinski definition) is 7. The number of carbonyl (C=O) groups is 3. The van der Waals surface area contributed by atoms with Crippen molar-refractivity contribution in [3.63, 3.8) is 0 Å². The van der Waals surface area contributed by atoms with Crippen molar-refractivity contribution in [2.45, 2.75) is 32.4 Å². The molecule has 1 N–H and O–H groups in total. The Kier molecular flexibility index (Phi) is 6.20. The third-order valence-corrected chi connectivity index (χ3v) is 5.79. The van der Waals surface area contributed by atoms with E-state index in [0.717, 1.165) is 0 Å². The summed E-state index contributed by atoms with van der Waals surface area (Å²) in [5, 5.41) is 6.50. The summed E-state index contributed by atoms with van der Waals surface area (Å²) in [6.45, 7) is 8.57. The highest BCUT2D eigenvalue weighted by Gasteiger charge is 2.41. The molecule has 1 atom stereocenters. The number of hydrazine groups is 1. The number of benzene rings is 1. The van der Waals surface area contributed by atoms with Crippen LogP contribution in [0.2, 0.25) is 0 Å². The van der Waals surface area contributed by atoms with E-state index >= 15 is 0 Å². The number of piperazine rings is 1. The molecule has 0 saturated carbocycles. The van der Waals surface area contributed by atoms with Gasteiger partial charge in [-0.3, -0.25) is 9.59 Å². The van der Waals surface area contributed by atoms with E-state index in [1.807, 2.05) is 58.4 Å². The number of carbonyl (C=O) groups excluding carboxylic acids is 3. The van der Waals surface area contributed by atoms with Gasteiger partial charge in [-0.15, -0.1) is 0 Å². The molecule has 10 heteroatoms. The van der Waals surface area contributed by atoms with Gasteiger partial charge in [0.25, 0.3) is 5.91 Å². The molecule has 2 fully saturated rings. The first kappa shape index (κ1) is 22.9. The van der Waals surface area contributed by atoms with Gasteiger partial charge in [-0.2, -0.15) is 0 Å². The van der Waals surface area contributed by atoms with Crippen LogP contribution in [0.1, 0.15) is 32.4 Å². The molecule has 1 unspecified atom stereocenters. The topological polar surface area (TPSA) is 88.7 Å². The minimum absolute atomic E-state index is 0.00659. The fourth-order valence-electron chi connectivity index (χ4n) is 4.26. The van der Waals surface area contributed by atoms with Gasteiger partial charge in [-0.25, -0.2) is 14.8 Å². The molecule has 0 spiro atoms. The summed E-state index contributed by atoms with van der Waals surface area (Å²) in [4.78, 5) is 44.4. The second kappa shape index (κ2) is 8.93. The van der Waals surface area contributed by atoms with Gasteiger partial charge < -0.3 is 24.8 Å². The fraction of sp³-hybridized carbons (Fsp3) is 0.522. The van der Waals surface area contributed by atoms with E-state index < -0.39 is 17.7 Å². The number of alkyl carbamates (subject to hydrolysis) is 1. The van der Waals surface area contributed by atoms with E-state index in [1.165, 1.54) is 0 Å². The molecule has 0 aliphatic carbocycles. The van der Waals surface area contributed by atoms with Crippen molar-refractivity contribution in [1.82, 2.24) is 30.0 Å². The summed E-state index contributed by atoms with van der Waals surface area (Å²) in [7, 11) is 1.95. The molecule has 3 amide bonds. The second-order valence-electron chi connectivity index (χ2n) is 9.57. The average molecular weight is 457 g/mol. The van der Waals surface area contributed by atoms with Gasteiger partial charge in [-0.1, -0.05) is 30.3 Å². The third kappa shape index (κ3) is 5.05. The van der Waals surface area contributed by atoms with Gasteiger partial charge in [0.15, 0.2) is 0 Å². The smallest absolute Gasteiger partial charge is 0.408 e. The zero-order valence-corrected chi connectivity index (χ0v) is 19.7. The Morgan fingerprint density at radius 1 is 1.03 bits per heavy atom. The largest absolute Gasteiger partial charge is 0.444 e. The number of rotatable bonds is 4. The molecule has 3 aliphatic heterocycles. The first-order valence-electron chi connectivity index (χ1n) is 11.2. The van der Waals surface area contributed by atoms with Gasteiger partial charge in [0.2, 0.25) is 5.91 Å². The van der Waals surface area contributed by atoms with E-state index in [2.05, 4.69) is 5.32 Å². The molecular formula is C23H32N6O4. The highest BCUT2D eigenvalue weighted by atomic mass is 16.6. The monoisotopic (exact) mass is 456 g/mol. The molecule has 1 aromatic carbocycles. The number of ether oxygens (including phenoxy) is 1. The van der Waals surface area contributed by atoms with Crippen LogP contribution in [0.3, 0.4) is 0 Å². The molecule has 0 aromatic heterocycles. The normalized spacial score (nSPS) is 20.0. The minimum atomic E-state index is -0.841. The van der Waals surface area contributed by atoms with Crippen molar-refractivity contribution in [2.75, 3.05) is 46.6 Å². The third-order valence-electron chi connectivity index (χ3n) is 5.79. The van der Waals surface area contributed by atoms with Crippen LogP contribution in [0.15, 0.2) is 42.2 Å². The summed E-state index contributed by atoms with van der Waals surface area (Å²) in [5.74, 6) is -0.197. The summed E-state index contributed by atoms with van der Waals surface area (Å²) in [6, 6.07) is 8.33. The summed E-state index contributed by atoms with van der Waals surface area (Å²) in [6.07, 6.45) is 1.24. The van der Waals surface area contributed by atoms with Crippen LogP contribution >= 0.6 is 0 Å². The van der Waals surface area contributed by atoms with Crippen molar-refractivity contribution >= 4 is 17.9 Å². The first-order valence-corrected chi connectivity index (χ1v) is 11.2. The SMILES string of the molecule is CN1C=C2C(=O)N(N3CCN(C(=O)C(NC(=O)OC(C)(C)C)c4ccccc4)CC3)CN2C1. The molecule has 10 nitrogen and oxygen atoms in total. The predicted octanol–water partition coefficient (Wildman–Crippen LogP) is 1.16. The molecular weight excluding hydrogens is 424 g/mol. The molecule has 2 saturated heterocycles. The summed E-state index contributed by atoms with van der Waals surface area (Å²) in [5.41, 5.74) is 0.741. The van der Waals surface area contributed by atoms with Crippen LogP contribution in [-0.4, -0.2) is 94.8 Å². The van der Waals surface area contributed by atoms with E-state index in [-0.39, 0.29) is 11.8 Å². The maximum atomic E-state index is 13.4. The van der Waals surface area contributed by atoms with Gasteiger partial charge in [0, 0.05) is 39.4 Å². The molecule has 4 rings (SSSR count). The van der Waals surface area contributed by atoms with Crippen LogP contribution in [-0.2, 0) is 14.3 Å². The van der Waals surface area contributed by atoms with Crippen molar-refractivity contribution in [3.05, 3.63) is 47.8 Å². The van der Waals surface area contributed by atoms with E-state index in [4.69, 9.17) is 4.74 Å². The van der Waals surface area contributed by atoms with Crippen LogP contribution in [0, 0.1) is 0 Å². The molecule has 0 bridgehead atoms. The molecule has 178 valence electrons. The lowest BCUT2D eigenvalue weighted by Gasteiger charge is -2.40. The molecule has 3 aliphatic rings. The molecule has 3 heterocycles. The number of fused-ring (bicyclic) bond motifs is 1. The summed E-state index contributed by atoms with van der Waals surface area (Å²) >= 11 is 0. The van der Waals surface area contributed by atoms with Gasteiger partial charge in [-0.05, 0) is 26.3 Å². The Labute approximate surface area is 194 Å². The Balaban J connectivity index is 1.40. The van der Waals surface area contributed by atoms with Crippen LogP contribution < -0.4 is 5.32 Å². The minimum Gasteiger partial charge on any atom is -0.444 e. The first-order chi connectivity index (χ1) is 15.6. The predicted molar refractivity (Wildman–Crippen MR) is 121 cm³/mol. The lowest BCUT2D eigenvalue weighted by Crippen LogP contribution is -2.57. The number of hydrogen-bond donors (Lipinski definition) is 1. The highest BCUT2D eigenvalue weighted by Crippen LogP contribution is 2.26. The molecule has 0 radical (unpaired) electrons. The standard InChI is InChI=1S/C23H32N6O4/c1-23(2,3)33-22(32)24-19(17-8-6-5-7-9-17)21(31)26-10-12-28(13-11-26)29-16-27-15-25(4)14-18(27)20(29)30/h5-9,14,19H,10-13,15-16H2,1-4H3,(H,24,32). The number of nitrogens with one attached hydrogen (secondary N) is 1. The van der Waals surface area contributed by atoms with Crippen molar-refractivity contribution in [3.8, 4) is 0 Å². The van der Waals surface area contributed by atoms with Crippen LogP contribution in [0.5, 0.6) is 0 Å².